The van der Waals surface area contributed by atoms with Crippen LogP contribution in [0.4, 0.5) is 11.4 Å². The maximum absolute atomic E-state index is 13.9. The number of amides is 2. The largest absolute Gasteiger partial charge is 0.326 e. The quantitative estimate of drug-likeness (QED) is 0.185. The summed E-state index contributed by atoms with van der Waals surface area (Å²) in [7, 11) is -4.08. The first kappa shape index (κ1) is 32.7. The fourth-order valence-corrected chi connectivity index (χ4v) is 7.88. The molecule has 1 saturated carbocycles. The molecular formula is C36H33Cl2N3O5S. The van der Waals surface area contributed by atoms with E-state index in [1.54, 1.807) is 18.2 Å². The molecule has 1 saturated heterocycles. The molecule has 0 unspecified atom stereocenters. The number of hydrogen-bond acceptors (Lipinski definition) is 5. The van der Waals surface area contributed by atoms with Crippen molar-refractivity contribution in [1.82, 2.24) is 4.72 Å². The van der Waals surface area contributed by atoms with Crippen molar-refractivity contribution in [3.8, 4) is 11.1 Å². The van der Waals surface area contributed by atoms with Gasteiger partial charge in [0.05, 0.1) is 23.7 Å². The van der Waals surface area contributed by atoms with E-state index in [2.05, 4.69) is 24.3 Å². The molecule has 11 heteroatoms. The Morgan fingerprint density at radius 2 is 1.53 bits per heavy atom. The molecule has 1 N–H and O–H groups in total. The summed E-state index contributed by atoms with van der Waals surface area (Å²) < 4.78 is 27.9. The Labute approximate surface area is 284 Å². The Kier molecular flexibility index (Phi) is 9.68. The van der Waals surface area contributed by atoms with E-state index in [-0.39, 0.29) is 40.8 Å². The maximum Gasteiger partial charge on any atom is 0.326 e. The lowest BCUT2D eigenvalue weighted by Crippen LogP contribution is -2.37. The molecule has 0 spiro atoms. The lowest BCUT2D eigenvalue weighted by molar-refractivity contribution is -0.118. The zero-order valence-electron chi connectivity index (χ0n) is 25.5. The van der Waals surface area contributed by atoms with E-state index in [0.717, 1.165) is 21.0 Å². The number of rotatable bonds is 9. The molecule has 1 aliphatic carbocycles. The van der Waals surface area contributed by atoms with Crippen molar-refractivity contribution in [2.24, 2.45) is 0 Å². The van der Waals surface area contributed by atoms with Crippen LogP contribution in [0, 0.1) is 0 Å². The molecule has 2 amide bonds. The summed E-state index contributed by atoms with van der Waals surface area (Å²) in [6.45, 7) is -0.756. The van der Waals surface area contributed by atoms with Gasteiger partial charge in [0.1, 0.15) is 6.54 Å². The molecule has 4 aromatic carbocycles. The summed E-state index contributed by atoms with van der Waals surface area (Å²) in [5.41, 5.74) is 4.91. The third-order valence-corrected chi connectivity index (χ3v) is 10.7. The SMILES string of the molecule is O=C1CN(c2cccc(N(CC(=O)c3ccc(Cl)cc3Cl)C(=O)Cc3ccc(-c4ccc(C5CCCCC5)cc4)cc3)c2)S(=O)(=O)N1. The van der Waals surface area contributed by atoms with Crippen LogP contribution in [0.3, 0.4) is 0 Å². The molecule has 0 aromatic heterocycles. The number of Topliss-reactive ketones (excluding diaryl/α,β-unsaturated/α-hetero) is 1. The summed E-state index contributed by atoms with van der Waals surface area (Å²) >= 11 is 12.3. The highest BCUT2D eigenvalue weighted by Crippen LogP contribution is 2.34. The Hall–Kier alpha value is -4.18. The summed E-state index contributed by atoms with van der Waals surface area (Å²) in [5, 5.41) is 0.518. The summed E-state index contributed by atoms with van der Waals surface area (Å²) in [6.07, 6.45) is 6.37. The van der Waals surface area contributed by atoms with E-state index in [0.29, 0.717) is 10.9 Å². The van der Waals surface area contributed by atoms with Crippen LogP contribution in [-0.2, 0) is 26.2 Å². The van der Waals surface area contributed by atoms with Gasteiger partial charge in [-0.15, -0.1) is 0 Å². The second-order valence-electron chi connectivity index (χ2n) is 11.9. The van der Waals surface area contributed by atoms with Crippen molar-refractivity contribution >= 4 is 62.4 Å². The molecule has 8 nitrogen and oxygen atoms in total. The van der Waals surface area contributed by atoms with Crippen LogP contribution in [0.1, 0.15) is 59.5 Å². The van der Waals surface area contributed by atoms with Crippen LogP contribution in [0.2, 0.25) is 10.0 Å². The van der Waals surface area contributed by atoms with Crippen molar-refractivity contribution in [3.63, 3.8) is 0 Å². The van der Waals surface area contributed by atoms with Gasteiger partial charge in [-0.3, -0.25) is 14.4 Å². The molecule has 1 heterocycles. The van der Waals surface area contributed by atoms with E-state index < -0.39 is 28.4 Å². The van der Waals surface area contributed by atoms with Gasteiger partial charge in [-0.1, -0.05) is 97.1 Å². The molecule has 2 fully saturated rings. The summed E-state index contributed by atoms with van der Waals surface area (Å²) in [5.74, 6) is -0.845. The molecule has 1 aliphatic heterocycles. The zero-order chi connectivity index (χ0) is 33.1. The Bertz CT molecular complexity index is 1930. The Balaban J connectivity index is 1.24. The third-order valence-electron chi connectivity index (χ3n) is 8.71. The molecule has 0 atom stereocenters. The number of carbonyl (C=O) groups excluding carboxylic acids is 3. The normalized spacial score (nSPS) is 16.1. The van der Waals surface area contributed by atoms with Crippen LogP contribution in [0.25, 0.3) is 11.1 Å². The van der Waals surface area contributed by atoms with Gasteiger partial charge in [-0.2, -0.15) is 8.42 Å². The van der Waals surface area contributed by atoms with Gasteiger partial charge < -0.3 is 4.90 Å². The molecule has 242 valence electrons. The van der Waals surface area contributed by atoms with Crippen LogP contribution >= 0.6 is 23.2 Å². The van der Waals surface area contributed by atoms with Crippen LogP contribution in [-0.4, -0.2) is 39.1 Å². The topological polar surface area (TPSA) is 104 Å². The molecule has 0 bridgehead atoms. The number of nitrogens with zero attached hydrogens (tertiary/aromatic N) is 2. The van der Waals surface area contributed by atoms with Gasteiger partial charge in [0.15, 0.2) is 5.78 Å². The standard InChI is InChI=1S/C36H33Cl2N3O5S/c37-29-17-18-32(33(38)20-29)34(42)22-40(30-7-4-8-31(21-30)41-23-35(43)39-47(41,45)46)36(44)19-24-9-11-26(12-10-24)28-15-13-27(14-16-28)25-5-2-1-3-6-25/h4,7-18,20-21,25H,1-3,5-6,19,22-23H2,(H,39,43). The van der Waals surface area contributed by atoms with E-state index in [1.807, 2.05) is 29.0 Å². The van der Waals surface area contributed by atoms with Gasteiger partial charge in [0.25, 0.3) is 5.91 Å². The fraction of sp³-hybridized carbons (Fsp3) is 0.250. The minimum atomic E-state index is -4.08. The molecule has 4 aromatic rings. The summed E-state index contributed by atoms with van der Waals surface area (Å²) in [6, 6.07) is 27.1. The highest BCUT2D eigenvalue weighted by molar-refractivity contribution is 7.92. The van der Waals surface area contributed by atoms with E-state index in [4.69, 9.17) is 23.2 Å². The van der Waals surface area contributed by atoms with Gasteiger partial charge in [0, 0.05) is 16.3 Å². The average molecular weight is 691 g/mol. The minimum absolute atomic E-state index is 0.0190. The number of ketones is 1. The minimum Gasteiger partial charge on any atom is -0.304 e. The van der Waals surface area contributed by atoms with E-state index in [1.165, 1.54) is 66.8 Å². The predicted octanol–water partition coefficient (Wildman–Crippen LogP) is 7.35. The van der Waals surface area contributed by atoms with E-state index >= 15 is 0 Å². The Morgan fingerprint density at radius 1 is 0.851 bits per heavy atom. The Morgan fingerprint density at radius 3 is 2.17 bits per heavy atom. The predicted molar refractivity (Wildman–Crippen MR) is 185 cm³/mol. The van der Waals surface area contributed by atoms with Crippen LogP contribution < -0.4 is 13.9 Å². The number of benzene rings is 4. The second-order valence-corrected chi connectivity index (χ2v) is 14.4. The average Bonchev–Trinajstić information content (AvgIpc) is 3.35. The van der Waals surface area contributed by atoms with E-state index in [9.17, 15) is 22.8 Å². The van der Waals surface area contributed by atoms with Crippen molar-refractivity contribution in [2.75, 3.05) is 22.3 Å². The maximum atomic E-state index is 13.9. The molecule has 6 rings (SSSR count). The zero-order valence-corrected chi connectivity index (χ0v) is 27.8. The first-order valence-electron chi connectivity index (χ1n) is 15.5. The number of halogens is 2. The van der Waals surface area contributed by atoms with Gasteiger partial charge in [0.2, 0.25) is 5.91 Å². The van der Waals surface area contributed by atoms with Gasteiger partial charge in [-0.25, -0.2) is 9.03 Å². The van der Waals surface area contributed by atoms with Gasteiger partial charge in [-0.05, 0) is 77.4 Å². The molecule has 47 heavy (non-hydrogen) atoms. The molecule has 0 radical (unpaired) electrons. The monoisotopic (exact) mass is 689 g/mol. The smallest absolute Gasteiger partial charge is 0.304 e. The lowest BCUT2D eigenvalue weighted by atomic mass is 9.83. The van der Waals surface area contributed by atoms with Crippen molar-refractivity contribution in [2.45, 2.75) is 44.4 Å². The third kappa shape index (κ3) is 7.53. The van der Waals surface area contributed by atoms with Crippen molar-refractivity contribution in [1.29, 1.82) is 0 Å². The number of carbonyl (C=O) groups is 3. The second kappa shape index (κ2) is 13.9. The summed E-state index contributed by atoms with van der Waals surface area (Å²) in [4.78, 5) is 40.5. The number of hydrogen-bond donors (Lipinski definition) is 1. The highest BCUT2D eigenvalue weighted by Gasteiger charge is 2.34. The number of anilines is 2. The van der Waals surface area contributed by atoms with Crippen molar-refractivity contribution in [3.05, 3.63) is 118 Å². The first-order chi connectivity index (χ1) is 22.6. The first-order valence-corrected chi connectivity index (χ1v) is 17.7. The highest BCUT2D eigenvalue weighted by atomic mass is 35.5. The van der Waals surface area contributed by atoms with Gasteiger partial charge >= 0.3 is 10.2 Å². The lowest BCUT2D eigenvalue weighted by Gasteiger charge is -2.24. The van der Waals surface area contributed by atoms with Crippen molar-refractivity contribution < 1.29 is 22.8 Å². The fourth-order valence-electron chi connectivity index (χ4n) is 6.23. The number of nitrogens with one attached hydrogen (secondary N) is 1. The molecule has 2 aliphatic rings. The molecular weight excluding hydrogens is 657 g/mol. The van der Waals surface area contributed by atoms with Crippen LogP contribution in [0.15, 0.2) is 91.0 Å². The van der Waals surface area contributed by atoms with Crippen LogP contribution in [0.5, 0.6) is 0 Å².